The van der Waals surface area contributed by atoms with Crippen LogP contribution < -0.4 is 0 Å². The zero-order valence-corrected chi connectivity index (χ0v) is 9.73. The first-order chi connectivity index (χ1) is 8.06. The number of carboxylic acids is 1. The zero-order chi connectivity index (χ0) is 12.4. The van der Waals surface area contributed by atoms with Crippen molar-refractivity contribution < 1.29 is 14.3 Å². The van der Waals surface area contributed by atoms with Gasteiger partial charge in [0.2, 0.25) is 5.76 Å². The van der Waals surface area contributed by atoms with E-state index in [1.54, 1.807) is 0 Å². The fourth-order valence-electron chi connectivity index (χ4n) is 1.64. The number of oxazole rings is 1. The van der Waals surface area contributed by atoms with Gasteiger partial charge in [-0.3, -0.25) is 0 Å². The summed E-state index contributed by atoms with van der Waals surface area (Å²) in [4.78, 5) is 14.6. The smallest absolute Gasteiger partial charge is 0.373 e. The first-order valence-corrected chi connectivity index (χ1v) is 5.30. The molecule has 0 atom stereocenters. The first-order valence-electron chi connectivity index (χ1n) is 5.30. The number of aromatic nitrogens is 1. The molecule has 1 N–H and O–H groups in total. The van der Waals surface area contributed by atoms with Gasteiger partial charge in [0.05, 0.1) is 6.20 Å². The van der Waals surface area contributed by atoms with Crippen molar-refractivity contribution in [3.05, 3.63) is 52.7 Å². The zero-order valence-electron chi connectivity index (χ0n) is 9.73. The van der Waals surface area contributed by atoms with Crippen LogP contribution in [0.3, 0.4) is 0 Å². The lowest BCUT2D eigenvalue weighted by molar-refractivity contribution is 0.0660. The van der Waals surface area contributed by atoms with Crippen molar-refractivity contribution in [2.75, 3.05) is 0 Å². The lowest BCUT2D eigenvalue weighted by Crippen LogP contribution is -1.94. The summed E-state index contributed by atoms with van der Waals surface area (Å²) >= 11 is 0. The summed E-state index contributed by atoms with van der Waals surface area (Å²) in [5.41, 5.74) is 3.41. The van der Waals surface area contributed by atoms with Gasteiger partial charge in [0.25, 0.3) is 0 Å². The summed E-state index contributed by atoms with van der Waals surface area (Å²) in [6.07, 6.45) is 1.75. The van der Waals surface area contributed by atoms with Gasteiger partial charge >= 0.3 is 5.97 Å². The minimum absolute atomic E-state index is 0.120. The lowest BCUT2D eigenvalue weighted by Gasteiger charge is -2.04. The number of aryl methyl sites for hydroxylation is 2. The van der Waals surface area contributed by atoms with Crippen LogP contribution in [0, 0.1) is 13.8 Å². The SMILES string of the molecule is Cc1ccc(C)c(Cc2ncc(C(=O)O)o2)c1. The van der Waals surface area contributed by atoms with E-state index < -0.39 is 5.97 Å². The van der Waals surface area contributed by atoms with Gasteiger partial charge in [-0.05, 0) is 25.0 Å². The van der Waals surface area contributed by atoms with E-state index >= 15 is 0 Å². The number of carboxylic acid groups (broad SMARTS) is 1. The Kier molecular flexibility index (Phi) is 2.95. The number of nitrogens with zero attached hydrogens (tertiary/aromatic N) is 1. The Morgan fingerprint density at radius 2 is 2.18 bits per heavy atom. The Bertz CT molecular complexity index is 558. The molecule has 1 aromatic heterocycles. The number of hydrogen-bond acceptors (Lipinski definition) is 3. The van der Waals surface area contributed by atoms with Gasteiger partial charge < -0.3 is 9.52 Å². The number of aromatic carboxylic acids is 1. The Balaban J connectivity index is 2.25. The second-order valence-electron chi connectivity index (χ2n) is 4.03. The highest BCUT2D eigenvalue weighted by Crippen LogP contribution is 2.15. The number of hydrogen-bond donors (Lipinski definition) is 1. The molecule has 0 unspecified atom stereocenters. The second-order valence-corrected chi connectivity index (χ2v) is 4.03. The Morgan fingerprint density at radius 1 is 1.41 bits per heavy atom. The summed E-state index contributed by atoms with van der Waals surface area (Å²) in [7, 11) is 0. The normalized spacial score (nSPS) is 10.5. The van der Waals surface area contributed by atoms with E-state index in [9.17, 15) is 4.79 Å². The highest BCUT2D eigenvalue weighted by molar-refractivity contribution is 5.83. The highest BCUT2D eigenvalue weighted by atomic mass is 16.4. The molecule has 17 heavy (non-hydrogen) atoms. The van der Waals surface area contributed by atoms with Crippen LogP contribution in [-0.4, -0.2) is 16.1 Å². The number of benzene rings is 1. The Morgan fingerprint density at radius 3 is 2.82 bits per heavy atom. The van der Waals surface area contributed by atoms with E-state index in [2.05, 4.69) is 11.1 Å². The van der Waals surface area contributed by atoms with Crippen molar-refractivity contribution in [3.63, 3.8) is 0 Å². The monoisotopic (exact) mass is 231 g/mol. The van der Waals surface area contributed by atoms with Gasteiger partial charge in [-0.15, -0.1) is 0 Å². The Hall–Kier alpha value is -2.10. The van der Waals surface area contributed by atoms with Crippen molar-refractivity contribution in [1.82, 2.24) is 4.98 Å². The molecule has 4 nitrogen and oxygen atoms in total. The van der Waals surface area contributed by atoms with Crippen LogP contribution in [-0.2, 0) is 6.42 Å². The van der Waals surface area contributed by atoms with E-state index in [0.29, 0.717) is 12.3 Å². The van der Waals surface area contributed by atoms with Crippen molar-refractivity contribution in [2.24, 2.45) is 0 Å². The third-order valence-electron chi connectivity index (χ3n) is 2.61. The molecule has 2 rings (SSSR count). The van der Waals surface area contributed by atoms with Crippen LogP contribution in [0.4, 0.5) is 0 Å². The standard InChI is InChI=1S/C13H13NO3/c1-8-3-4-9(2)10(5-8)6-12-14-7-11(17-12)13(15)16/h3-5,7H,6H2,1-2H3,(H,15,16). The summed E-state index contributed by atoms with van der Waals surface area (Å²) < 4.78 is 5.13. The molecule has 0 saturated carbocycles. The molecule has 0 spiro atoms. The maximum Gasteiger partial charge on any atom is 0.373 e. The van der Waals surface area contributed by atoms with Crippen molar-refractivity contribution in [2.45, 2.75) is 20.3 Å². The summed E-state index contributed by atoms with van der Waals surface area (Å²) in [5, 5.41) is 8.73. The van der Waals surface area contributed by atoms with Gasteiger partial charge in [-0.25, -0.2) is 9.78 Å². The average molecular weight is 231 g/mol. The predicted octanol–water partition coefficient (Wildman–Crippen LogP) is 2.58. The van der Waals surface area contributed by atoms with E-state index in [0.717, 1.165) is 16.7 Å². The highest BCUT2D eigenvalue weighted by Gasteiger charge is 2.11. The molecule has 0 amide bonds. The van der Waals surface area contributed by atoms with Crippen molar-refractivity contribution >= 4 is 5.97 Å². The van der Waals surface area contributed by atoms with Gasteiger partial charge in [0.1, 0.15) is 0 Å². The molecule has 0 radical (unpaired) electrons. The van der Waals surface area contributed by atoms with Gasteiger partial charge in [0, 0.05) is 6.42 Å². The molecule has 0 fully saturated rings. The molecule has 0 aliphatic rings. The van der Waals surface area contributed by atoms with Crippen LogP contribution in [0.25, 0.3) is 0 Å². The summed E-state index contributed by atoms with van der Waals surface area (Å²) in [6, 6.07) is 6.13. The molecular formula is C13H13NO3. The average Bonchev–Trinajstić information content (AvgIpc) is 2.72. The largest absolute Gasteiger partial charge is 0.475 e. The van der Waals surface area contributed by atoms with Gasteiger partial charge in [0.15, 0.2) is 5.89 Å². The third kappa shape index (κ3) is 2.53. The minimum atomic E-state index is -1.09. The molecule has 4 heteroatoms. The summed E-state index contributed by atoms with van der Waals surface area (Å²) in [5.74, 6) is -0.786. The minimum Gasteiger partial charge on any atom is -0.475 e. The number of carbonyl (C=O) groups is 1. The molecular weight excluding hydrogens is 218 g/mol. The Labute approximate surface area is 98.9 Å². The van der Waals surface area contributed by atoms with Crippen LogP contribution in [0.1, 0.15) is 33.1 Å². The summed E-state index contributed by atoms with van der Waals surface area (Å²) in [6.45, 7) is 4.02. The van der Waals surface area contributed by atoms with Crippen LogP contribution >= 0.6 is 0 Å². The molecule has 88 valence electrons. The van der Waals surface area contributed by atoms with Crippen LogP contribution in [0.2, 0.25) is 0 Å². The number of rotatable bonds is 3. The molecule has 0 bridgehead atoms. The molecule has 0 aliphatic carbocycles. The molecule has 1 heterocycles. The second kappa shape index (κ2) is 4.41. The molecule has 0 aliphatic heterocycles. The molecule has 2 aromatic rings. The maximum absolute atomic E-state index is 10.7. The van der Waals surface area contributed by atoms with Crippen LogP contribution in [0.15, 0.2) is 28.8 Å². The van der Waals surface area contributed by atoms with Gasteiger partial charge in [-0.1, -0.05) is 23.8 Å². The first kappa shape index (κ1) is 11.4. The molecule has 0 saturated heterocycles. The van der Waals surface area contributed by atoms with E-state index in [-0.39, 0.29) is 5.76 Å². The lowest BCUT2D eigenvalue weighted by atomic mass is 10.0. The quantitative estimate of drug-likeness (QED) is 0.881. The predicted molar refractivity (Wildman–Crippen MR) is 62.2 cm³/mol. The molecule has 1 aromatic carbocycles. The fraction of sp³-hybridized carbons (Fsp3) is 0.231. The van der Waals surface area contributed by atoms with E-state index in [1.807, 2.05) is 26.0 Å². The topological polar surface area (TPSA) is 63.3 Å². The van der Waals surface area contributed by atoms with E-state index in [4.69, 9.17) is 9.52 Å². The van der Waals surface area contributed by atoms with Crippen molar-refractivity contribution in [1.29, 1.82) is 0 Å². The third-order valence-corrected chi connectivity index (χ3v) is 2.61. The van der Waals surface area contributed by atoms with Crippen LogP contribution in [0.5, 0.6) is 0 Å². The maximum atomic E-state index is 10.7. The fourth-order valence-corrected chi connectivity index (χ4v) is 1.64. The van der Waals surface area contributed by atoms with E-state index in [1.165, 1.54) is 6.20 Å². The van der Waals surface area contributed by atoms with Crippen molar-refractivity contribution in [3.8, 4) is 0 Å². The van der Waals surface area contributed by atoms with Gasteiger partial charge in [-0.2, -0.15) is 0 Å².